The largest absolute Gasteiger partial charge is 0.390 e. The number of rotatable bonds is 6. The fourth-order valence-corrected chi connectivity index (χ4v) is 4.11. The summed E-state index contributed by atoms with van der Waals surface area (Å²) < 4.78 is 82.8. The van der Waals surface area contributed by atoms with Gasteiger partial charge in [-0.1, -0.05) is 0 Å². The lowest BCUT2D eigenvalue weighted by Gasteiger charge is -2.26. The van der Waals surface area contributed by atoms with E-state index in [0.29, 0.717) is 0 Å². The first kappa shape index (κ1) is 21.6. The number of sulfonamides is 1. The van der Waals surface area contributed by atoms with Crippen molar-refractivity contribution in [3.63, 3.8) is 0 Å². The van der Waals surface area contributed by atoms with Gasteiger partial charge in [-0.2, -0.15) is 17.5 Å². The smallest absolute Gasteiger partial charge is 0.379 e. The summed E-state index contributed by atoms with van der Waals surface area (Å²) in [5.41, 5.74) is -0.188. The molecular formula is C16H20F4N2O4S. The molecule has 0 atom stereocenters. The number of halogens is 4. The molecule has 152 valence electrons. The maximum atomic E-state index is 14.2. The summed E-state index contributed by atoms with van der Waals surface area (Å²) in [6.45, 7) is 1.36. The van der Waals surface area contributed by atoms with E-state index in [-0.39, 0.29) is 38.4 Å². The Kier molecular flexibility index (Phi) is 6.82. The summed E-state index contributed by atoms with van der Waals surface area (Å²) in [6, 6.07) is 2.77. The molecule has 1 fully saturated rings. The van der Waals surface area contributed by atoms with Crippen molar-refractivity contribution < 1.29 is 35.5 Å². The van der Waals surface area contributed by atoms with Crippen LogP contribution >= 0.6 is 0 Å². The molecule has 0 aromatic heterocycles. The zero-order valence-electron chi connectivity index (χ0n) is 14.6. The Morgan fingerprint density at radius 1 is 1.26 bits per heavy atom. The van der Waals surface area contributed by atoms with Crippen LogP contribution in [-0.2, 0) is 14.8 Å². The second kappa shape index (κ2) is 8.53. The Balaban J connectivity index is 2.28. The lowest BCUT2D eigenvalue weighted by molar-refractivity contribution is -0.136. The first-order valence-electron chi connectivity index (χ1n) is 8.29. The Morgan fingerprint density at radius 3 is 2.44 bits per heavy atom. The molecule has 0 radical (unpaired) electrons. The second-order valence-electron chi connectivity index (χ2n) is 5.91. The number of amides is 1. The number of hydrogen-bond acceptors (Lipinski definition) is 4. The van der Waals surface area contributed by atoms with Crippen molar-refractivity contribution in [1.82, 2.24) is 9.21 Å². The third-order valence-corrected chi connectivity index (χ3v) is 6.01. The fraction of sp³-hybridized carbons (Fsp3) is 0.562. The molecule has 1 saturated heterocycles. The van der Waals surface area contributed by atoms with Crippen LogP contribution in [0.3, 0.4) is 0 Å². The van der Waals surface area contributed by atoms with Gasteiger partial charge in [-0.05, 0) is 25.1 Å². The van der Waals surface area contributed by atoms with Crippen molar-refractivity contribution in [1.29, 1.82) is 0 Å². The van der Waals surface area contributed by atoms with E-state index in [4.69, 9.17) is 4.74 Å². The van der Waals surface area contributed by atoms with Gasteiger partial charge in [0, 0.05) is 31.7 Å². The maximum Gasteiger partial charge on any atom is 0.390 e. The topological polar surface area (TPSA) is 66.9 Å². The van der Waals surface area contributed by atoms with Crippen LogP contribution in [0.1, 0.15) is 23.7 Å². The summed E-state index contributed by atoms with van der Waals surface area (Å²) in [4.78, 5) is 12.7. The third-order valence-electron chi connectivity index (χ3n) is 4.10. The van der Waals surface area contributed by atoms with Crippen LogP contribution in [0.25, 0.3) is 0 Å². The molecule has 0 spiro atoms. The number of carbonyl (C=O) groups excluding carboxylic acids is 1. The number of carbonyl (C=O) groups is 1. The van der Waals surface area contributed by atoms with Crippen LogP contribution in [0.4, 0.5) is 17.6 Å². The van der Waals surface area contributed by atoms with Gasteiger partial charge in [0.25, 0.3) is 5.91 Å². The van der Waals surface area contributed by atoms with Crippen LogP contribution < -0.4 is 0 Å². The molecule has 1 aliphatic rings. The molecule has 1 aliphatic heterocycles. The van der Waals surface area contributed by atoms with Crippen LogP contribution in [0.15, 0.2) is 23.1 Å². The van der Waals surface area contributed by atoms with Crippen LogP contribution in [0.2, 0.25) is 0 Å². The van der Waals surface area contributed by atoms with Gasteiger partial charge in [0.15, 0.2) is 0 Å². The molecule has 6 nitrogen and oxygen atoms in total. The zero-order chi connectivity index (χ0) is 20.2. The molecule has 0 unspecified atom stereocenters. The molecule has 1 aromatic carbocycles. The fourth-order valence-electron chi connectivity index (χ4n) is 2.61. The predicted molar refractivity (Wildman–Crippen MR) is 88.2 cm³/mol. The van der Waals surface area contributed by atoms with Crippen molar-refractivity contribution in [2.45, 2.75) is 24.4 Å². The number of benzene rings is 1. The molecule has 1 amide bonds. The first-order chi connectivity index (χ1) is 12.6. The molecule has 0 bridgehead atoms. The van der Waals surface area contributed by atoms with Crippen LogP contribution in [-0.4, -0.2) is 69.1 Å². The number of hydrogen-bond donors (Lipinski definition) is 0. The third kappa shape index (κ3) is 5.39. The predicted octanol–water partition coefficient (Wildman–Crippen LogP) is 2.26. The summed E-state index contributed by atoms with van der Waals surface area (Å²) in [5.74, 6) is -1.82. The Morgan fingerprint density at radius 2 is 1.89 bits per heavy atom. The Hall–Kier alpha value is -1.72. The summed E-state index contributed by atoms with van der Waals surface area (Å²) in [7, 11) is -4.19. The Bertz CT molecular complexity index is 777. The summed E-state index contributed by atoms with van der Waals surface area (Å²) in [5, 5.41) is 0. The summed E-state index contributed by atoms with van der Waals surface area (Å²) >= 11 is 0. The summed E-state index contributed by atoms with van der Waals surface area (Å²) in [6.07, 6.45) is -5.62. The minimum absolute atomic E-state index is 0.00215. The molecule has 0 aliphatic carbocycles. The van der Waals surface area contributed by atoms with E-state index in [1.807, 2.05) is 0 Å². The molecule has 2 rings (SSSR count). The van der Waals surface area contributed by atoms with E-state index in [1.54, 1.807) is 0 Å². The van der Waals surface area contributed by atoms with Crippen molar-refractivity contribution in [3.05, 3.63) is 29.6 Å². The number of alkyl halides is 3. The highest BCUT2D eigenvalue weighted by atomic mass is 32.2. The van der Waals surface area contributed by atoms with Crippen molar-refractivity contribution in [2.75, 3.05) is 39.4 Å². The minimum Gasteiger partial charge on any atom is -0.379 e. The lowest BCUT2D eigenvalue weighted by Crippen LogP contribution is -2.41. The monoisotopic (exact) mass is 412 g/mol. The van der Waals surface area contributed by atoms with Gasteiger partial charge < -0.3 is 9.64 Å². The minimum atomic E-state index is -4.43. The zero-order valence-corrected chi connectivity index (χ0v) is 15.4. The van der Waals surface area contributed by atoms with Gasteiger partial charge in [0.2, 0.25) is 10.0 Å². The molecule has 1 heterocycles. The van der Waals surface area contributed by atoms with Crippen molar-refractivity contribution in [2.24, 2.45) is 0 Å². The molecular weight excluding hydrogens is 392 g/mol. The highest BCUT2D eigenvalue weighted by Crippen LogP contribution is 2.24. The SMILES string of the molecule is CCN(CCC(F)(F)F)C(=O)c1ccc(F)c(S(=O)(=O)N2CCOCC2)c1. The Labute approximate surface area is 154 Å². The van der Waals surface area contributed by atoms with Crippen LogP contribution in [0.5, 0.6) is 0 Å². The lowest BCUT2D eigenvalue weighted by atomic mass is 10.2. The van der Waals surface area contributed by atoms with E-state index in [9.17, 15) is 30.8 Å². The van der Waals surface area contributed by atoms with Gasteiger partial charge in [0.05, 0.1) is 19.6 Å². The molecule has 0 saturated carbocycles. The highest BCUT2D eigenvalue weighted by Gasteiger charge is 2.31. The van der Waals surface area contributed by atoms with Crippen molar-refractivity contribution in [3.8, 4) is 0 Å². The number of ether oxygens (including phenoxy) is 1. The normalized spacial score (nSPS) is 16.3. The maximum absolute atomic E-state index is 14.2. The van der Waals surface area contributed by atoms with Gasteiger partial charge in [0.1, 0.15) is 10.7 Å². The molecule has 1 aromatic rings. The van der Waals surface area contributed by atoms with E-state index in [1.165, 1.54) is 6.92 Å². The van der Waals surface area contributed by atoms with Crippen molar-refractivity contribution >= 4 is 15.9 Å². The van der Waals surface area contributed by atoms with Crippen LogP contribution in [0, 0.1) is 5.82 Å². The van der Waals surface area contributed by atoms with E-state index in [2.05, 4.69) is 0 Å². The van der Waals surface area contributed by atoms with Gasteiger partial charge in [-0.25, -0.2) is 12.8 Å². The quantitative estimate of drug-likeness (QED) is 0.673. The van der Waals surface area contributed by atoms with Gasteiger partial charge in [-0.3, -0.25) is 4.79 Å². The standard InChI is InChI=1S/C16H20F4N2O4S/c1-2-21(6-5-16(18,19)20)15(23)12-3-4-13(17)14(11-12)27(24,25)22-7-9-26-10-8-22/h3-4,11H,2,5-10H2,1H3. The average Bonchev–Trinajstić information content (AvgIpc) is 2.62. The van der Waals surface area contributed by atoms with E-state index >= 15 is 0 Å². The first-order valence-corrected chi connectivity index (χ1v) is 9.73. The molecule has 11 heteroatoms. The van der Waals surface area contributed by atoms with E-state index in [0.717, 1.165) is 27.4 Å². The second-order valence-corrected chi connectivity index (χ2v) is 7.82. The molecule has 27 heavy (non-hydrogen) atoms. The van der Waals surface area contributed by atoms with Gasteiger partial charge >= 0.3 is 6.18 Å². The average molecular weight is 412 g/mol. The number of morpholine rings is 1. The van der Waals surface area contributed by atoms with Gasteiger partial charge in [-0.15, -0.1) is 0 Å². The number of nitrogens with zero attached hydrogens (tertiary/aromatic N) is 2. The molecule has 0 N–H and O–H groups in total. The highest BCUT2D eigenvalue weighted by molar-refractivity contribution is 7.89. The van der Waals surface area contributed by atoms with E-state index < -0.39 is 45.8 Å².